The van der Waals surface area contributed by atoms with Crippen LogP contribution in [0.15, 0.2) is 0 Å². The number of hydrogen-bond donors (Lipinski definition) is 0. The molecular formula is C28H63U-. The van der Waals surface area contributed by atoms with E-state index < -0.39 is 0 Å². The predicted octanol–water partition coefficient (Wildman–Crippen LogP) is 11.3. The fourth-order valence-electron chi connectivity index (χ4n) is 2.83. The van der Waals surface area contributed by atoms with Gasteiger partial charge in [-0.15, -0.1) is 0 Å². The molecule has 0 spiro atoms. The Balaban J connectivity index is -0.000000111. The zero-order valence-electron chi connectivity index (χ0n) is 21.7. The predicted molar refractivity (Wildman–Crippen MR) is 137 cm³/mol. The zero-order chi connectivity index (χ0) is 21.3. The van der Waals surface area contributed by atoms with Gasteiger partial charge in [-0.3, -0.25) is 0 Å². The largest absolute Gasteiger partial charge is 0.328 e. The van der Waals surface area contributed by atoms with Crippen molar-refractivity contribution in [1.29, 1.82) is 0 Å². The third-order valence-corrected chi connectivity index (χ3v) is 4.61. The molecule has 0 rings (SSSR count). The maximum atomic E-state index is 2.42. The van der Waals surface area contributed by atoms with Gasteiger partial charge < -0.3 is 6.42 Å². The fourth-order valence-corrected chi connectivity index (χ4v) is 2.83. The Bertz CT molecular complexity index is 206. The average molecular weight is 638 g/mol. The summed E-state index contributed by atoms with van der Waals surface area (Å²) in [6, 6.07) is 0. The molecule has 0 aliphatic carbocycles. The van der Waals surface area contributed by atoms with Crippen LogP contribution in [-0.4, -0.2) is 0 Å². The van der Waals surface area contributed by atoms with Gasteiger partial charge in [0.1, 0.15) is 0 Å². The number of unbranched alkanes of at least 4 members (excludes halogenated alkanes) is 8. The van der Waals surface area contributed by atoms with Crippen LogP contribution in [0.3, 0.4) is 0 Å². The van der Waals surface area contributed by atoms with Crippen LogP contribution >= 0.6 is 0 Å². The van der Waals surface area contributed by atoms with Crippen LogP contribution < -0.4 is 0 Å². The molecule has 0 saturated heterocycles. The summed E-state index contributed by atoms with van der Waals surface area (Å²) >= 11 is 0. The second-order valence-corrected chi connectivity index (χ2v) is 9.43. The molecule has 0 aromatic heterocycles. The maximum absolute atomic E-state index is 2.42. The van der Waals surface area contributed by atoms with E-state index in [0.717, 1.165) is 17.8 Å². The topological polar surface area (TPSA) is 0 Å². The molecule has 0 aliphatic heterocycles. The second kappa shape index (κ2) is 36.4. The minimum Gasteiger partial charge on any atom is -0.328 e. The van der Waals surface area contributed by atoms with Crippen molar-refractivity contribution in [3.63, 3.8) is 0 Å². The van der Waals surface area contributed by atoms with E-state index in [1.54, 1.807) is 0 Å². The molecule has 0 N–H and O–H groups in total. The first-order chi connectivity index (χ1) is 12.8. The van der Waals surface area contributed by atoms with Crippen LogP contribution in [0.25, 0.3) is 0 Å². The molecular weight excluding hydrogens is 574 g/mol. The van der Waals surface area contributed by atoms with Gasteiger partial charge in [0, 0.05) is 31.1 Å². The Hall–Kier alpha value is 1.05. The summed E-state index contributed by atoms with van der Waals surface area (Å²) in [6.45, 7) is 20.3. The van der Waals surface area contributed by atoms with E-state index in [2.05, 4.69) is 68.7 Å². The van der Waals surface area contributed by atoms with Crippen molar-refractivity contribution in [2.24, 2.45) is 17.8 Å². The summed E-state index contributed by atoms with van der Waals surface area (Å²) in [5.74, 6) is 2.75. The molecule has 0 amide bonds. The normalized spacial score (nSPS) is 9.93. The molecule has 1 heteroatoms. The SMILES string of the molecule is C.CC(C)C.CCCCC(CCCC)CCC(C)C.CCCC[CH-]CCCC.[U]. The van der Waals surface area contributed by atoms with Gasteiger partial charge in [0.15, 0.2) is 0 Å². The van der Waals surface area contributed by atoms with Crippen LogP contribution in [0, 0.1) is 55.3 Å². The summed E-state index contributed by atoms with van der Waals surface area (Å²) in [4.78, 5) is 0. The van der Waals surface area contributed by atoms with Crippen LogP contribution in [-0.2, 0) is 0 Å². The maximum Gasteiger partial charge on any atom is 0 e. The molecule has 180 valence electrons. The van der Waals surface area contributed by atoms with Crippen LogP contribution in [0.5, 0.6) is 0 Å². The average Bonchev–Trinajstić information content (AvgIpc) is 2.61. The minimum atomic E-state index is 0. The first-order valence-corrected chi connectivity index (χ1v) is 12.7. The van der Waals surface area contributed by atoms with Crippen molar-refractivity contribution in [3.05, 3.63) is 6.42 Å². The first kappa shape index (κ1) is 40.4. The third-order valence-electron chi connectivity index (χ3n) is 4.61. The van der Waals surface area contributed by atoms with Crippen molar-refractivity contribution in [3.8, 4) is 0 Å². The van der Waals surface area contributed by atoms with Gasteiger partial charge in [0.05, 0.1) is 0 Å². The van der Waals surface area contributed by atoms with E-state index in [1.165, 1.54) is 89.9 Å². The second-order valence-electron chi connectivity index (χ2n) is 9.43. The smallest absolute Gasteiger partial charge is 0 e. The summed E-state index contributed by atoms with van der Waals surface area (Å²) in [5.41, 5.74) is 0. The zero-order valence-corrected chi connectivity index (χ0v) is 25.9. The monoisotopic (exact) mass is 638 g/mol. The van der Waals surface area contributed by atoms with E-state index in [9.17, 15) is 0 Å². The molecule has 0 nitrogen and oxygen atoms in total. The molecule has 0 bridgehead atoms. The van der Waals surface area contributed by atoms with Gasteiger partial charge in [-0.05, 0) is 17.8 Å². The molecule has 0 heterocycles. The number of rotatable bonds is 15. The van der Waals surface area contributed by atoms with Crippen molar-refractivity contribution in [2.45, 2.75) is 160 Å². The van der Waals surface area contributed by atoms with E-state index in [-0.39, 0.29) is 38.5 Å². The Morgan fingerprint density at radius 3 is 1.17 bits per heavy atom. The summed E-state index contributed by atoms with van der Waals surface area (Å²) in [6.07, 6.45) is 22.0. The molecule has 0 aromatic rings. The number of hydrogen-bond acceptors (Lipinski definition) is 0. The van der Waals surface area contributed by atoms with Crippen LogP contribution in [0.1, 0.15) is 160 Å². The molecule has 0 unspecified atom stereocenters. The Labute approximate surface area is 213 Å². The molecule has 0 radical (unpaired) electrons. The minimum absolute atomic E-state index is 0. The summed E-state index contributed by atoms with van der Waals surface area (Å²) in [7, 11) is 0. The molecule has 0 saturated carbocycles. The van der Waals surface area contributed by atoms with Crippen molar-refractivity contribution in [1.82, 2.24) is 0 Å². The molecule has 0 aliphatic rings. The quantitative estimate of drug-likeness (QED) is 0.124. The fraction of sp³-hybridized carbons (Fsp3) is 0.964. The van der Waals surface area contributed by atoms with Gasteiger partial charge in [-0.25, -0.2) is 0 Å². The van der Waals surface area contributed by atoms with Gasteiger partial charge in [0.2, 0.25) is 0 Å². The third kappa shape index (κ3) is 52.9. The Morgan fingerprint density at radius 1 is 0.552 bits per heavy atom. The Kier molecular flexibility index (Phi) is 50.8. The van der Waals surface area contributed by atoms with Crippen LogP contribution in [0.4, 0.5) is 0 Å². The standard InChI is InChI=1S/C14H30.C9H19.C4H10.CH4.U/c1-5-7-9-14(10-8-6-2)12-11-13(3)4;1-3-5-7-9-8-6-4-2;1-4(2)3;;/h13-14H,5-12H2,1-4H3;9H,3-8H2,1-2H3;4H,1-3H3;1H4;/q;-1;;;. The van der Waals surface area contributed by atoms with Crippen molar-refractivity contribution >= 4 is 0 Å². The van der Waals surface area contributed by atoms with Crippen molar-refractivity contribution in [2.75, 3.05) is 0 Å². The van der Waals surface area contributed by atoms with Gasteiger partial charge in [-0.2, -0.15) is 12.8 Å². The first-order valence-electron chi connectivity index (χ1n) is 12.7. The van der Waals surface area contributed by atoms with Crippen molar-refractivity contribution < 1.29 is 31.1 Å². The van der Waals surface area contributed by atoms with E-state index in [0.29, 0.717) is 0 Å². The molecule has 29 heavy (non-hydrogen) atoms. The van der Waals surface area contributed by atoms with E-state index >= 15 is 0 Å². The van der Waals surface area contributed by atoms with Crippen LogP contribution in [0.2, 0.25) is 0 Å². The van der Waals surface area contributed by atoms with Gasteiger partial charge in [0.25, 0.3) is 0 Å². The molecule has 0 atom stereocenters. The van der Waals surface area contributed by atoms with E-state index in [4.69, 9.17) is 0 Å². The molecule has 0 aromatic carbocycles. The summed E-state index contributed by atoms with van der Waals surface area (Å²) < 4.78 is 0. The van der Waals surface area contributed by atoms with E-state index in [1.807, 2.05) is 0 Å². The molecule has 0 fully saturated rings. The van der Waals surface area contributed by atoms with Gasteiger partial charge in [-0.1, -0.05) is 147 Å². The Morgan fingerprint density at radius 2 is 0.897 bits per heavy atom. The summed E-state index contributed by atoms with van der Waals surface area (Å²) in [5, 5.41) is 0. The van der Waals surface area contributed by atoms with Gasteiger partial charge >= 0.3 is 0 Å².